The van der Waals surface area contributed by atoms with Gasteiger partial charge in [-0.3, -0.25) is 0 Å². The number of aliphatic hydroxyl groups excluding tert-OH is 1. The van der Waals surface area contributed by atoms with E-state index in [1.165, 1.54) is 25.7 Å². The van der Waals surface area contributed by atoms with Gasteiger partial charge in [0.05, 0.1) is 0 Å². The van der Waals surface area contributed by atoms with Gasteiger partial charge in [0.1, 0.15) is 0 Å². The van der Waals surface area contributed by atoms with Crippen LogP contribution in [0.15, 0.2) is 0 Å². The molecule has 3 nitrogen and oxygen atoms in total. The highest BCUT2D eigenvalue weighted by molar-refractivity contribution is 4.61. The second kappa shape index (κ2) is 12.0. The molecule has 0 rings (SSSR count). The van der Waals surface area contributed by atoms with E-state index in [1.807, 2.05) is 0 Å². The smallest absolute Gasteiger partial charge is 0.0443 e. The monoisotopic (exact) mass is 216 g/mol. The van der Waals surface area contributed by atoms with Crippen molar-refractivity contribution in [3.8, 4) is 0 Å². The van der Waals surface area contributed by atoms with E-state index in [-0.39, 0.29) is 6.61 Å². The molecule has 0 aromatic heterocycles. The number of unbranched alkanes of at least 4 members (excludes halogenated alkanes) is 2. The maximum Gasteiger partial charge on any atom is 0.0443 e. The van der Waals surface area contributed by atoms with Crippen molar-refractivity contribution in [2.24, 2.45) is 0 Å². The molecule has 0 aliphatic heterocycles. The molecule has 0 saturated heterocycles. The lowest BCUT2D eigenvalue weighted by Crippen LogP contribution is -2.33. The lowest BCUT2D eigenvalue weighted by molar-refractivity contribution is 0.286. The maximum absolute atomic E-state index is 8.58. The van der Waals surface area contributed by atoms with Gasteiger partial charge in [0.2, 0.25) is 0 Å². The summed E-state index contributed by atoms with van der Waals surface area (Å²) in [5.74, 6) is 0. The minimum atomic E-state index is 0.286. The van der Waals surface area contributed by atoms with E-state index in [9.17, 15) is 0 Å². The molecular weight excluding hydrogens is 188 g/mol. The molecule has 0 radical (unpaired) electrons. The second-order valence-corrected chi connectivity index (χ2v) is 4.18. The van der Waals surface area contributed by atoms with Gasteiger partial charge >= 0.3 is 0 Å². The molecule has 0 aliphatic carbocycles. The van der Waals surface area contributed by atoms with Gasteiger partial charge in [-0.1, -0.05) is 26.2 Å². The van der Waals surface area contributed by atoms with E-state index < -0.39 is 0 Å². The molecule has 1 atom stereocenters. The van der Waals surface area contributed by atoms with Crippen LogP contribution in [0.5, 0.6) is 0 Å². The van der Waals surface area contributed by atoms with Crippen LogP contribution in [-0.4, -0.2) is 37.4 Å². The lowest BCUT2D eigenvalue weighted by atomic mass is 10.1. The van der Waals surface area contributed by atoms with Gasteiger partial charge in [-0.2, -0.15) is 0 Å². The second-order valence-electron chi connectivity index (χ2n) is 4.18. The number of aliphatic hydroxyl groups is 1. The number of rotatable bonds is 11. The lowest BCUT2D eigenvalue weighted by Gasteiger charge is -2.13. The highest BCUT2D eigenvalue weighted by atomic mass is 16.3. The normalized spacial score (nSPS) is 13.0. The SMILES string of the molecule is CCCCCC(C)NCCNCCCO. The molecule has 0 aromatic carbocycles. The standard InChI is InChI=1S/C12H28N2O/c1-3-4-5-7-12(2)14-10-9-13-8-6-11-15/h12-15H,3-11H2,1-2H3. The van der Waals surface area contributed by atoms with Crippen molar-refractivity contribution in [3.05, 3.63) is 0 Å². The number of hydrogen-bond acceptors (Lipinski definition) is 3. The molecular formula is C12H28N2O. The quantitative estimate of drug-likeness (QED) is 0.459. The van der Waals surface area contributed by atoms with Gasteiger partial charge < -0.3 is 15.7 Å². The van der Waals surface area contributed by atoms with Crippen molar-refractivity contribution in [1.82, 2.24) is 10.6 Å². The largest absolute Gasteiger partial charge is 0.396 e. The van der Waals surface area contributed by atoms with E-state index in [2.05, 4.69) is 24.5 Å². The molecule has 15 heavy (non-hydrogen) atoms. The molecule has 0 aliphatic rings. The van der Waals surface area contributed by atoms with Crippen LogP contribution < -0.4 is 10.6 Å². The molecule has 0 amide bonds. The zero-order chi connectivity index (χ0) is 11.4. The van der Waals surface area contributed by atoms with Gasteiger partial charge in [-0.15, -0.1) is 0 Å². The van der Waals surface area contributed by atoms with Crippen LogP contribution in [-0.2, 0) is 0 Å². The summed E-state index contributed by atoms with van der Waals surface area (Å²) < 4.78 is 0. The summed E-state index contributed by atoms with van der Waals surface area (Å²) in [5, 5.41) is 15.4. The summed E-state index contributed by atoms with van der Waals surface area (Å²) in [6.07, 6.45) is 6.12. The highest BCUT2D eigenvalue weighted by Gasteiger charge is 1.99. The molecule has 92 valence electrons. The molecule has 0 aromatic rings. The van der Waals surface area contributed by atoms with Gasteiger partial charge in [-0.25, -0.2) is 0 Å². The Kier molecular flexibility index (Phi) is 11.9. The Bertz CT molecular complexity index is 120. The molecule has 0 fully saturated rings. The predicted octanol–water partition coefficient (Wildman–Crippen LogP) is 1.52. The summed E-state index contributed by atoms with van der Waals surface area (Å²) in [4.78, 5) is 0. The van der Waals surface area contributed by atoms with E-state index >= 15 is 0 Å². The predicted molar refractivity (Wildman–Crippen MR) is 66.2 cm³/mol. The molecule has 0 spiro atoms. The Morgan fingerprint density at radius 1 is 1.07 bits per heavy atom. The fourth-order valence-corrected chi connectivity index (χ4v) is 1.54. The third kappa shape index (κ3) is 11.8. The summed E-state index contributed by atoms with van der Waals surface area (Å²) in [7, 11) is 0. The van der Waals surface area contributed by atoms with Crippen LogP contribution in [0.4, 0.5) is 0 Å². The van der Waals surface area contributed by atoms with Crippen LogP contribution in [0, 0.1) is 0 Å². The number of nitrogens with one attached hydrogen (secondary N) is 2. The van der Waals surface area contributed by atoms with Crippen LogP contribution in [0.25, 0.3) is 0 Å². The van der Waals surface area contributed by atoms with E-state index in [0.717, 1.165) is 26.1 Å². The van der Waals surface area contributed by atoms with Crippen molar-refractivity contribution in [2.75, 3.05) is 26.2 Å². The fourth-order valence-electron chi connectivity index (χ4n) is 1.54. The van der Waals surface area contributed by atoms with Crippen LogP contribution in [0.2, 0.25) is 0 Å². The van der Waals surface area contributed by atoms with Crippen molar-refractivity contribution in [2.45, 2.75) is 52.0 Å². The Morgan fingerprint density at radius 2 is 1.87 bits per heavy atom. The van der Waals surface area contributed by atoms with Crippen molar-refractivity contribution >= 4 is 0 Å². The zero-order valence-corrected chi connectivity index (χ0v) is 10.4. The Balaban J connectivity index is 3.06. The number of hydrogen-bond donors (Lipinski definition) is 3. The van der Waals surface area contributed by atoms with E-state index in [4.69, 9.17) is 5.11 Å². The molecule has 0 saturated carbocycles. The summed E-state index contributed by atoms with van der Waals surface area (Å²) in [6.45, 7) is 7.72. The minimum Gasteiger partial charge on any atom is -0.396 e. The average Bonchev–Trinajstić information content (AvgIpc) is 2.23. The third-order valence-electron chi connectivity index (χ3n) is 2.55. The summed E-state index contributed by atoms with van der Waals surface area (Å²) >= 11 is 0. The zero-order valence-electron chi connectivity index (χ0n) is 10.4. The fraction of sp³-hybridized carbons (Fsp3) is 1.00. The maximum atomic E-state index is 8.58. The average molecular weight is 216 g/mol. The Labute approximate surface area is 94.6 Å². The van der Waals surface area contributed by atoms with Gasteiger partial charge in [-0.05, 0) is 26.3 Å². The molecule has 0 heterocycles. The van der Waals surface area contributed by atoms with Crippen molar-refractivity contribution in [3.63, 3.8) is 0 Å². The third-order valence-corrected chi connectivity index (χ3v) is 2.55. The van der Waals surface area contributed by atoms with Crippen LogP contribution >= 0.6 is 0 Å². The van der Waals surface area contributed by atoms with Gasteiger partial charge in [0, 0.05) is 25.7 Å². The van der Waals surface area contributed by atoms with E-state index in [1.54, 1.807) is 0 Å². The topological polar surface area (TPSA) is 44.3 Å². The van der Waals surface area contributed by atoms with Gasteiger partial charge in [0.25, 0.3) is 0 Å². The Hall–Kier alpha value is -0.120. The molecule has 1 unspecified atom stereocenters. The highest BCUT2D eigenvalue weighted by Crippen LogP contribution is 2.01. The van der Waals surface area contributed by atoms with Crippen LogP contribution in [0.3, 0.4) is 0 Å². The van der Waals surface area contributed by atoms with Crippen molar-refractivity contribution in [1.29, 1.82) is 0 Å². The van der Waals surface area contributed by atoms with Crippen LogP contribution in [0.1, 0.15) is 46.0 Å². The summed E-state index contributed by atoms with van der Waals surface area (Å²) in [6, 6.07) is 0.635. The molecule has 3 N–H and O–H groups in total. The first-order chi connectivity index (χ1) is 7.31. The van der Waals surface area contributed by atoms with Gasteiger partial charge in [0.15, 0.2) is 0 Å². The first-order valence-corrected chi connectivity index (χ1v) is 6.36. The first kappa shape index (κ1) is 14.9. The molecule has 0 bridgehead atoms. The molecule has 3 heteroatoms. The minimum absolute atomic E-state index is 0.286. The Morgan fingerprint density at radius 3 is 2.53 bits per heavy atom. The van der Waals surface area contributed by atoms with Crippen molar-refractivity contribution < 1.29 is 5.11 Å². The van der Waals surface area contributed by atoms with E-state index in [0.29, 0.717) is 6.04 Å². The summed E-state index contributed by atoms with van der Waals surface area (Å²) in [5.41, 5.74) is 0. The first-order valence-electron chi connectivity index (χ1n) is 6.36.